The lowest BCUT2D eigenvalue weighted by Crippen LogP contribution is -2.55. The van der Waals surface area contributed by atoms with Gasteiger partial charge in [-0.05, 0) is 25.0 Å². The zero-order chi connectivity index (χ0) is 24.1. The summed E-state index contributed by atoms with van der Waals surface area (Å²) in [6.07, 6.45) is 2.95. The van der Waals surface area contributed by atoms with Crippen molar-refractivity contribution in [3.8, 4) is 5.75 Å². The number of fused-ring (bicyclic) bond motifs is 1. The SMILES string of the molecule is CCCCN1CN(CCOC)C(=O)c2c(O)c(=O)c(C(=O)NCc3ccc(C)cc3F)cn21. The number of halogens is 1. The molecule has 0 atom stereocenters. The summed E-state index contributed by atoms with van der Waals surface area (Å²) in [7, 11) is 1.52. The van der Waals surface area contributed by atoms with E-state index in [1.54, 1.807) is 24.1 Å². The Bertz CT molecular complexity index is 1100. The van der Waals surface area contributed by atoms with Crippen molar-refractivity contribution < 1.29 is 23.8 Å². The molecule has 0 spiro atoms. The minimum atomic E-state index is -0.958. The Hall–Kier alpha value is -3.40. The number of unbranched alkanes of at least 4 members (excludes halogenated alkanes) is 1. The number of hydrogen-bond donors (Lipinski definition) is 2. The molecule has 2 N–H and O–H groups in total. The molecular formula is C23H29FN4O5. The number of hydrogen-bond acceptors (Lipinski definition) is 6. The van der Waals surface area contributed by atoms with Crippen molar-refractivity contribution in [2.45, 2.75) is 33.2 Å². The van der Waals surface area contributed by atoms with Crippen LogP contribution in [0, 0.1) is 12.7 Å². The van der Waals surface area contributed by atoms with Crippen LogP contribution in [0.1, 0.15) is 51.7 Å². The summed E-state index contributed by atoms with van der Waals surface area (Å²) in [4.78, 5) is 40.0. The molecule has 9 nitrogen and oxygen atoms in total. The number of pyridine rings is 1. The highest BCUT2D eigenvalue weighted by atomic mass is 19.1. The van der Waals surface area contributed by atoms with E-state index < -0.39 is 28.8 Å². The summed E-state index contributed by atoms with van der Waals surface area (Å²) in [5, 5.41) is 14.9. The van der Waals surface area contributed by atoms with Gasteiger partial charge in [0.25, 0.3) is 11.8 Å². The van der Waals surface area contributed by atoms with Crippen molar-refractivity contribution in [3.05, 3.63) is 62.8 Å². The Kier molecular flexibility index (Phi) is 7.70. The van der Waals surface area contributed by atoms with Crippen LogP contribution in [0.25, 0.3) is 0 Å². The van der Waals surface area contributed by atoms with Crippen LogP contribution in [0.15, 0.2) is 29.2 Å². The number of methoxy groups -OCH3 is 1. The van der Waals surface area contributed by atoms with Gasteiger partial charge in [-0.25, -0.2) is 4.39 Å². The van der Waals surface area contributed by atoms with E-state index in [-0.39, 0.29) is 36.6 Å². The number of carbonyl (C=O) groups excluding carboxylic acids is 2. The fourth-order valence-electron chi connectivity index (χ4n) is 3.61. The molecule has 1 aromatic heterocycles. The van der Waals surface area contributed by atoms with Gasteiger partial charge in [-0.3, -0.25) is 24.1 Å². The summed E-state index contributed by atoms with van der Waals surface area (Å²) in [5.74, 6) is -2.55. The number of carbonyl (C=O) groups is 2. The molecule has 33 heavy (non-hydrogen) atoms. The van der Waals surface area contributed by atoms with E-state index in [0.29, 0.717) is 13.2 Å². The van der Waals surface area contributed by atoms with Gasteiger partial charge >= 0.3 is 0 Å². The van der Waals surface area contributed by atoms with Gasteiger partial charge in [0, 0.05) is 38.5 Å². The molecule has 1 aliphatic rings. The van der Waals surface area contributed by atoms with E-state index in [9.17, 15) is 23.9 Å². The summed E-state index contributed by atoms with van der Waals surface area (Å²) in [6, 6.07) is 4.63. The molecule has 0 fully saturated rings. The Labute approximate surface area is 191 Å². The van der Waals surface area contributed by atoms with E-state index in [1.165, 1.54) is 28.9 Å². The lowest BCUT2D eigenvalue weighted by molar-refractivity contribution is 0.0621. The molecular weight excluding hydrogens is 431 g/mol. The van der Waals surface area contributed by atoms with Crippen molar-refractivity contribution in [3.63, 3.8) is 0 Å². The minimum Gasteiger partial charge on any atom is -0.502 e. The Morgan fingerprint density at radius 3 is 2.70 bits per heavy atom. The van der Waals surface area contributed by atoms with Crippen LogP contribution in [0.2, 0.25) is 0 Å². The lowest BCUT2D eigenvalue weighted by Gasteiger charge is -2.39. The average Bonchev–Trinajstić information content (AvgIpc) is 2.79. The van der Waals surface area contributed by atoms with Gasteiger partial charge in [0.15, 0.2) is 11.4 Å². The van der Waals surface area contributed by atoms with Crippen LogP contribution >= 0.6 is 0 Å². The zero-order valence-electron chi connectivity index (χ0n) is 19.1. The number of benzene rings is 1. The monoisotopic (exact) mass is 460 g/mol. The molecule has 2 aromatic rings. The smallest absolute Gasteiger partial charge is 0.277 e. The van der Waals surface area contributed by atoms with E-state index in [1.807, 2.05) is 6.92 Å². The maximum atomic E-state index is 14.1. The molecule has 0 aliphatic carbocycles. The average molecular weight is 461 g/mol. The van der Waals surface area contributed by atoms with Gasteiger partial charge in [0.05, 0.1) is 6.61 Å². The number of rotatable bonds is 9. The highest BCUT2D eigenvalue weighted by molar-refractivity contribution is 5.99. The third kappa shape index (κ3) is 5.16. The second-order valence-electron chi connectivity index (χ2n) is 7.98. The molecule has 1 aliphatic heterocycles. The first-order valence-corrected chi connectivity index (χ1v) is 10.8. The largest absolute Gasteiger partial charge is 0.502 e. The lowest BCUT2D eigenvalue weighted by atomic mass is 10.1. The number of aromatic nitrogens is 1. The molecule has 1 aromatic carbocycles. The number of nitrogens with zero attached hydrogens (tertiary/aromatic N) is 3. The highest BCUT2D eigenvalue weighted by Crippen LogP contribution is 2.21. The standard InChI is InChI=1S/C23H29FN4O5/c1-4-5-8-27-14-26(9-10-33-3)23(32)19-21(30)20(29)17(13-28(19)27)22(31)25-12-16-7-6-15(2)11-18(16)24/h6-7,11,13,30H,4-5,8-10,12,14H2,1-3H3,(H,25,31). The van der Waals surface area contributed by atoms with Gasteiger partial charge < -0.3 is 20.1 Å². The van der Waals surface area contributed by atoms with Crippen molar-refractivity contribution in [2.24, 2.45) is 0 Å². The van der Waals surface area contributed by atoms with E-state index in [4.69, 9.17) is 4.74 Å². The fraction of sp³-hybridized carbons (Fsp3) is 0.435. The van der Waals surface area contributed by atoms with Gasteiger partial charge in [0.2, 0.25) is 5.43 Å². The molecule has 10 heteroatoms. The molecule has 0 saturated heterocycles. The number of aryl methyl sites for hydroxylation is 1. The van der Waals surface area contributed by atoms with Crippen LogP contribution in [-0.4, -0.2) is 60.0 Å². The fourth-order valence-corrected chi connectivity index (χ4v) is 3.61. The Morgan fingerprint density at radius 1 is 1.27 bits per heavy atom. The van der Waals surface area contributed by atoms with Crippen LogP contribution in [-0.2, 0) is 11.3 Å². The Morgan fingerprint density at radius 2 is 2.03 bits per heavy atom. The van der Waals surface area contributed by atoms with Gasteiger partial charge in [-0.2, -0.15) is 0 Å². The zero-order valence-corrected chi connectivity index (χ0v) is 19.1. The van der Waals surface area contributed by atoms with Crippen LogP contribution in [0.3, 0.4) is 0 Å². The van der Waals surface area contributed by atoms with Gasteiger partial charge in [0.1, 0.15) is 18.0 Å². The van der Waals surface area contributed by atoms with Gasteiger partial charge in [-0.1, -0.05) is 25.5 Å². The minimum absolute atomic E-state index is 0.129. The normalized spacial score (nSPS) is 13.3. The van der Waals surface area contributed by atoms with Crippen molar-refractivity contribution >= 4 is 11.8 Å². The van der Waals surface area contributed by atoms with E-state index in [2.05, 4.69) is 5.32 Å². The molecule has 0 unspecified atom stereocenters. The summed E-state index contributed by atoms with van der Waals surface area (Å²) < 4.78 is 20.5. The number of nitrogens with one attached hydrogen (secondary N) is 1. The van der Waals surface area contributed by atoms with Crippen molar-refractivity contribution in [2.75, 3.05) is 38.5 Å². The maximum absolute atomic E-state index is 14.1. The van der Waals surface area contributed by atoms with Gasteiger partial charge in [-0.15, -0.1) is 0 Å². The van der Waals surface area contributed by atoms with E-state index in [0.717, 1.165) is 18.4 Å². The second kappa shape index (κ2) is 10.5. The highest BCUT2D eigenvalue weighted by Gasteiger charge is 2.34. The van der Waals surface area contributed by atoms with Crippen molar-refractivity contribution in [1.82, 2.24) is 14.9 Å². The summed E-state index contributed by atoms with van der Waals surface area (Å²) in [6.45, 7) is 4.99. The summed E-state index contributed by atoms with van der Waals surface area (Å²) >= 11 is 0. The van der Waals surface area contributed by atoms with Crippen molar-refractivity contribution in [1.29, 1.82) is 0 Å². The number of amides is 2. The first-order valence-electron chi connectivity index (χ1n) is 10.8. The molecule has 2 amide bonds. The number of ether oxygens (including phenoxy) is 1. The molecule has 0 bridgehead atoms. The molecule has 0 radical (unpaired) electrons. The molecule has 3 rings (SSSR count). The quantitative estimate of drug-likeness (QED) is 0.591. The first kappa shape index (κ1) is 24.2. The topological polar surface area (TPSA) is 104 Å². The first-order chi connectivity index (χ1) is 15.8. The van der Waals surface area contributed by atoms with Crippen LogP contribution in [0.5, 0.6) is 5.75 Å². The van der Waals surface area contributed by atoms with Crippen LogP contribution in [0.4, 0.5) is 4.39 Å². The van der Waals surface area contributed by atoms with Crippen LogP contribution < -0.4 is 15.8 Å². The predicted molar refractivity (Wildman–Crippen MR) is 120 cm³/mol. The van der Waals surface area contributed by atoms with E-state index >= 15 is 0 Å². The number of aromatic hydroxyl groups is 1. The second-order valence-corrected chi connectivity index (χ2v) is 7.98. The Balaban J connectivity index is 1.93. The summed E-state index contributed by atoms with van der Waals surface area (Å²) in [5.41, 5.74) is -0.468. The molecule has 178 valence electrons. The predicted octanol–water partition coefficient (Wildman–Crippen LogP) is 1.73. The third-order valence-corrected chi connectivity index (χ3v) is 5.52. The third-order valence-electron chi connectivity index (χ3n) is 5.52. The maximum Gasteiger partial charge on any atom is 0.277 e. The molecule has 0 saturated carbocycles. The molecule has 2 heterocycles.